The minimum Gasteiger partial charge on any atom is -0.456 e. The molecule has 0 aliphatic carbocycles. The van der Waals surface area contributed by atoms with Crippen molar-refractivity contribution in [2.45, 2.75) is 25.8 Å². The van der Waals surface area contributed by atoms with Gasteiger partial charge >= 0.3 is 5.97 Å². The van der Waals surface area contributed by atoms with Gasteiger partial charge in [-0.15, -0.1) is 0 Å². The molecule has 0 spiro atoms. The zero-order valence-corrected chi connectivity index (χ0v) is 18.5. The number of amides is 2. The van der Waals surface area contributed by atoms with Gasteiger partial charge in [-0.1, -0.05) is 54.1 Å². The summed E-state index contributed by atoms with van der Waals surface area (Å²) in [5.74, 6) is -1.09. The quantitative estimate of drug-likeness (QED) is 0.371. The molecule has 6 nitrogen and oxygen atoms in total. The summed E-state index contributed by atoms with van der Waals surface area (Å²) in [5, 5.41) is 8.32. The second-order valence-electron chi connectivity index (χ2n) is 7.38. The average molecular weight is 453 g/mol. The highest BCUT2D eigenvalue weighted by Crippen LogP contribution is 2.23. The molecule has 0 saturated heterocycles. The Morgan fingerprint density at radius 3 is 2.47 bits per heavy atom. The van der Waals surface area contributed by atoms with Gasteiger partial charge in [-0.05, 0) is 53.9 Å². The number of carbonyl (C=O) groups is 3. The third kappa shape index (κ3) is 6.56. The van der Waals surface area contributed by atoms with E-state index in [4.69, 9.17) is 16.3 Å². The highest BCUT2D eigenvalue weighted by molar-refractivity contribution is 6.30. The lowest BCUT2D eigenvalue weighted by molar-refractivity contribution is -0.148. The van der Waals surface area contributed by atoms with Gasteiger partial charge in [0.1, 0.15) is 0 Å². The first-order chi connectivity index (χ1) is 15.4. The standard InChI is InChI=1S/C25H25ClN2O4/c1-17(21-9-4-7-18-6-2-3-8-22(18)21)28-23(29)16-32-24(30)10-5-15-27-25(31)19-11-13-20(26)14-12-19/h2-4,6-9,11-14,17H,5,10,15-16H2,1H3,(H,27,31)(H,28,29). The van der Waals surface area contributed by atoms with Gasteiger partial charge in [0.15, 0.2) is 6.61 Å². The Bertz CT molecular complexity index is 1090. The maximum atomic E-state index is 12.2. The molecule has 32 heavy (non-hydrogen) atoms. The van der Waals surface area contributed by atoms with E-state index in [2.05, 4.69) is 10.6 Å². The molecule has 3 rings (SSSR count). The van der Waals surface area contributed by atoms with Crippen LogP contribution >= 0.6 is 11.6 Å². The second kappa shape index (κ2) is 11.3. The Hall–Kier alpha value is -3.38. The first-order valence-electron chi connectivity index (χ1n) is 10.4. The Labute approximate surface area is 191 Å². The summed E-state index contributed by atoms with van der Waals surface area (Å²) >= 11 is 5.80. The van der Waals surface area contributed by atoms with Gasteiger partial charge in [-0.25, -0.2) is 0 Å². The van der Waals surface area contributed by atoms with Crippen LogP contribution in [-0.2, 0) is 14.3 Å². The normalized spacial score (nSPS) is 11.6. The number of rotatable bonds is 9. The fourth-order valence-electron chi connectivity index (χ4n) is 3.35. The SMILES string of the molecule is CC(NC(=O)COC(=O)CCCNC(=O)c1ccc(Cl)cc1)c1cccc2ccccc12. The van der Waals surface area contributed by atoms with E-state index in [9.17, 15) is 14.4 Å². The number of carbonyl (C=O) groups excluding carboxylic acids is 3. The van der Waals surface area contributed by atoms with Gasteiger partial charge in [0.25, 0.3) is 11.8 Å². The summed E-state index contributed by atoms with van der Waals surface area (Å²) in [4.78, 5) is 36.1. The first kappa shape index (κ1) is 23.3. The smallest absolute Gasteiger partial charge is 0.306 e. The first-order valence-corrected chi connectivity index (χ1v) is 10.8. The van der Waals surface area contributed by atoms with Gasteiger partial charge in [-0.3, -0.25) is 14.4 Å². The Kier molecular flexibility index (Phi) is 8.22. The minimum atomic E-state index is -0.487. The maximum absolute atomic E-state index is 12.2. The van der Waals surface area contributed by atoms with Gasteiger partial charge in [0, 0.05) is 23.6 Å². The molecular formula is C25H25ClN2O4. The molecule has 166 valence electrons. The van der Waals surface area contributed by atoms with Crippen molar-refractivity contribution in [1.29, 1.82) is 0 Å². The van der Waals surface area contributed by atoms with Crippen molar-refractivity contribution in [3.63, 3.8) is 0 Å². The van der Waals surface area contributed by atoms with E-state index < -0.39 is 5.97 Å². The van der Waals surface area contributed by atoms with E-state index >= 15 is 0 Å². The lowest BCUT2D eigenvalue weighted by Crippen LogP contribution is -2.31. The number of benzene rings is 3. The van der Waals surface area contributed by atoms with Crippen LogP contribution in [0.2, 0.25) is 5.02 Å². The van der Waals surface area contributed by atoms with Crippen LogP contribution < -0.4 is 10.6 Å². The average Bonchev–Trinajstić information content (AvgIpc) is 2.80. The van der Waals surface area contributed by atoms with Crippen LogP contribution in [0, 0.1) is 0 Å². The van der Waals surface area contributed by atoms with Crippen molar-refractivity contribution in [3.8, 4) is 0 Å². The maximum Gasteiger partial charge on any atom is 0.306 e. The minimum absolute atomic E-state index is 0.104. The fraction of sp³-hybridized carbons (Fsp3) is 0.240. The predicted molar refractivity (Wildman–Crippen MR) is 124 cm³/mol. The highest BCUT2D eigenvalue weighted by atomic mass is 35.5. The van der Waals surface area contributed by atoms with Crippen molar-refractivity contribution < 1.29 is 19.1 Å². The summed E-state index contributed by atoms with van der Waals surface area (Å²) < 4.78 is 5.05. The number of fused-ring (bicyclic) bond motifs is 1. The molecule has 1 atom stereocenters. The Morgan fingerprint density at radius 1 is 0.969 bits per heavy atom. The van der Waals surface area contributed by atoms with E-state index in [1.165, 1.54) is 0 Å². The highest BCUT2D eigenvalue weighted by Gasteiger charge is 2.14. The number of esters is 1. The molecule has 1 unspecified atom stereocenters. The monoisotopic (exact) mass is 452 g/mol. The molecule has 3 aromatic rings. The van der Waals surface area contributed by atoms with Gasteiger partial charge in [0.2, 0.25) is 0 Å². The molecule has 2 N–H and O–H groups in total. The van der Waals surface area contributed by atoms with Crippen molar-refractivity contribution in [1.82, 2.24) is 10.6 Å². The third-order valence-corrected chi connectivity index (χ3v) is 5.23. The van der Waals surface area contributed by atoms with Crippen LogP contribution in [0.15, 0.2) is 66.7 Å². The summed E-state index contributed by atoms with van der Waals surface area (Å²) in [6.45, 7) is 1.87. The Morgan fingerprint density at radius 2 is 1.69 bits per heavy atom. The molecule has 0 radical (unpaired) electrons. The van der Waals surface area contributed by atoms with Crippen molar-refractivity contribution in [2.75, 3.05) is 13.2 Å². The molecule has 0 saturated carbocycles. The summed E-state index contributed by atoms with van der Waals surface area (Å²) in [6.07, 6.45) is 0.513. The van der Waals surface area contributed by atoms with E-state index in [0.29, 0.717) is 23.6 Å². The van der Waals surface area contributed by atoms with Crippen molar-refractivity contribution in [3.05, 3.63) is 82.9 Å². The van der Waals surface area contributed by atoms with E-state index in [1.54, 1.807) is 24.3 Å². The molecule has 0 fully saturated rings. The third-order valence-electron chi connectivity index (χ3n) is 4.98. The number of hydrogen-bond acceptors (Lipinski definition) is 4. The van der Waals surface area contributed by atoms with Crippen LogP contribution in [0.4, 0.5) is 0 Å². The molecule has 3 aromatic carbocycles. The topological polar surface area (TPSA) is 84.5 Å². The van der Waals surface area contributed by atoms with Crippen LogP contribution in [0.5, 0.6) is 0 Å². The fourth-order valence-corrected chi connectivity index (χ4v) is 3.47. The molecule has 7 heteroatoms. The van der Waals surface area contributed by atoms with Gasteiger partial charge < -0.3 is 15.4 Å². The molecule has 0 aliphatic heterocycles. The van der Waals surface area contributed by atoms with Gasteiger partial charge in [0.05, 0.1) is 6.04 Å². The number of nitrogens with one attached hydrogen (secondary N) is 2. The van der Waals surface area contributed by atoms with Crippen LogP contribution in [0.3, 0.4) is 0 Å². The van der Waals surface area contributed by atoms with E-state index in [1.807, 2.05) is 49.4 Å². The summed E-state index contributed by atoms with van der Waals surface area (Å²) in [7, 11) is 0. The van der Waals surface area contributed by atoms with Crippen LogP contribution in [0.1, 0.15) is 41.7 Å². The molecule has 0 aromatic heterocycles. The molecule has 0 aliphatic rings. The molecule has 0 bridgehead atoms. The molecule has 0 heterocycles. The van der Waals surface area contributed by atoms with Crippen molar-refractivity contribution in [2.24, 2.45) is 0 Å². The zero-order chi connectivity index (χ0) is 22.9. The van der Waals surface area contributed by atoms with Gasteiger partial charge in [-0.2, -0.15) is 0 Å². The molecule has 2 amide bonds. The summed E-state index contributed by atoms with van der Waals surface area (Å²) in [5.41, 5.74) is 1.49. The van der Waals surface area contributed by atoms with Crippen molar-refractivity contribution >= 4 is 40.2 Å². The van der Waals surface area contributed by atoms with Crippen LogP contribution in [-0.4, -0.2) is 30.9 Å². The Balaban J connectivity index is 1.36. The largest absolute Gasteiger partial charge is 0.456 e. The van der Waals surface area contributed by atoms with E-state index in [-0.39, 0.29) is 30.9 Å². The summed E-state index contributed by atoms with van der Waals surface area (Å²) in [6, 6.07) is 20.2. The number of ether oxygens (including phenoxy) is 1. The number of hydrogen-bond donors (Lipinski definition) is 2. The zero-order valence-electron chi connectivity index (χ0n) is 17.8. The lowest BCUT2D eigenvalue weighted by atomic mass is 10.00. The predicted octanol–water partition coefficient (Wildman–Crippen LogP) is 4.42. The molecular weight excluding hydrogens is 428 g/mol. The lowest BCUT2D eigenvalue weighted by Gasteiger charge is -2.16. The number of halogens is 1. The van der Waals surface area contributed by atoms with E-state index in [0.717, 1.165) is 16.3 Å². The second-order valence-corrected chi connectivity index (χ2v) is 7.82. The van der Waals surface area contributed by atoms with Crippen LogP contribution in [0.25, 0.3) is 10.8 Å².